The van der Waals surface area contributed by atoms with Gasteiger partial charge in [-0.1, -0.05) is 38.5 Å². The van der Waals surface area contributed by atoms with Crippen molar-refractivity contribution < 1.29 is 5.11 Å². The second kappa shape index (κ2) is 7.06. The summed E-state index contributed by atoms with van der Waals surface area (Å²) < 4.78 is 0. The third-order valence-corrected chi connectivity index (χ3v) is 4.40. The first-order valence-electron chi connectivity index (χ1n) is 7.70. The van der Waals surface area contributed by atoms with Gasteiger partial charge in [0.05, 0.1) is 6.10 Å². The van der Waals surface area contributed by atoms with Crippen molar-refractivity contribution in [3.63, 3.8) is 0 Å². The number of benzene rings is 1. The molecule has 2 unspecified atom stereocenters. The predicted molar refractivity (Wildman–Crippen MR) is 80.3 cm³/mol. The minimum atomic E-state index is -0.234. The molecule has 0 aliphatic heterocycles. The predicted octanol–water partition coefficient (Wildman–Crippen LogP) is 3.06. The van der Waals surface area contributed by atoms with E-state index >= 15 is 0 Å². The third kappa shape index (κ3) is 4.05. The Hall–Kier alpha value is -0.860. The molecule has 1 aliphatic rings. The van der Waals surface area contributed by atoms with Gasteiger partial charge in [-0.05, 0) is 48.3 Å². The molecule has 0 radical (unpaired) electrons. The molecule has 0 saturated heterocycles. The van der Waals surface area contributed by atoms with Crippen LogP contribution in [0.2, 0.25) is 0 Å². The fourth-order valence-corrected chi connectivity index (χ4v) is 2.73. The first-order valence-corrected chi connectivity index (χ1v) is 7.70. The summed E-state index contributed by atoms with van der Waals surface area (Å²) in [5.41, 5.74) is 4.42. The highest BCUT2D eigenvalue weighted by Gasteiger charge is 2.12. The molecule has 1 aromatic carbocycles. The zero-order chi connectivity index (χ0) is 13.7. The fourth-order valence-electron chi connectivity index (χ4n) is 2.73. The maximum atomic E-state index is 9.93. The molecule has 2 atom stereocenters. The van der Waals surface area contributed by atoms with E-state index in [1.54, 1.807) is 0 Å². The van der Waals surface area contributed by atoms with Crippen molar-refractivity contribution >= 4 is 0 Å². The van der Waals surface area contributed by atoms with E-state index in [4.69, 9.17) is 0 Å². The molecule has 0 aromatic heterocycles. The van der Waals surface area contributed by atoms with Crippen LogP contribution in [0.3, 0.4) is 0 Å². The van der Waals surface area contributed by atoms with Gasteiger partial charge >= 0.3 is 0 Å². The highest BCUT2D eigenvalue weighted by atomic mass is 16.3. The van der Waals surface area contributed by atoms with Crippen LogP contribution in [0.5, 0.6) is 0 Å². The van der Waals surface area contributed by atoms with Gasteiger partial charge in [0.15, 0.2) is 0 Å². The molecule has 2 nitrogen and oxygen atoms in total. The Kier molecular flexibility index (Phi) is 5.41. The topological polar surface area (TPSA) is 32.3 Å². The maximum Gasteiger partial charge on any atom is 0.0690 e. The normalized spacial score (nSPS) is 17.8. The largest absolute Gasteiger partial charge is 0.392 e. The van der Waals surface area contributed by atoms with Gasteiger partial charge in [-0.3, -0.25) is 0 Å². The summed E-state index contributed by atoms with van der Waals surface area (Å²) in [5, 5.41) is 13.3. The summed E-state index contributed by atoms with van der Waals surface area (Å²) >= 11 is 0. The number of aryl methyl sites for hydroxylation is 2. The molecule has 2 heteroatoms. The second-order valence-electron chi connectivity index (χ2n) is 5.89. The molecule has 0 amide bonds. The van der Waals surface area contributed by atoms with Crippen LogP contribution in [-0.2, 0) is 19.4 Å². The van der Waals surface area contributed by atoms with E-state index in [1.807, 2.05) is 0 Å². The van der Waals surface area contributed by atoms with E-state index in [-0.39, 0.29) is 6.10 Å². The minimum absolute atomic E-state index is 0.234. The van der Waals surface area contributed by atoms with Gasteiger partial charge in [0.1, 0.15) is 0 Å². The SMILES string of the molecule is CCC(C)C(O)CNCc1ccc2c(c1)CCCC2. The lowest BCUT2D eigenvalue weighted by Gasteiger charge is -2.19. The lowest BCUT2D eigenvalue weighted by Crippen LogP contribution is -2.31. The number of rotatable bonds is 6. The molecule has 0 saturated carbocycles. The molecular weight excluding hydrogens is 234 g/mol. The summed E-state index contributed by atoms with van der Waals surface area (Å²) in [7, 11) is 0. The number of aliphatic hydroxyl groups is 1. The maximum absolute atomic E-state index is 9.93. The van der Waals surface area contributed by atoms with Gasteiger partial charge in [-0.25, -0.2) is 0 Å². The van der Waals surface area contributed by atoms with Gasteiger partial charge < -0.3 is 10.4 Å². The standard InChI is InChI=1S/C17H27NO/c1-3-13(2)17(19)12-18-11-14-8-9-15-6-4-5-7-16(15)10-14/h8-10,13,17-19H,3-7,11-12H2,1-2H3. The van der Waals surface area contributed by atoms with E-state index in [9.17, 15) is 5.11 Å². The van der Waals surface area contributed by atoms with Crippen molar-refractivity contribution in [2.45, 2.75) is 58.6 Å². The van der Waals surface area contributed by atoms with Crippen LogP contribution in [0.15, 0.2) is 18.2 Å². The third-order valence-electron chi connectivity index (χ3n) is 4.40. The first-order chi connectivity index (χ1) is 9.20. The average molecular weight is 261 g/mol. The van der Waals surface area contributed by atoms with E-state index in [1.165, 1.54) is 42.4 Å². The lowest BCUT2D eigenvalue weighted by molar-refractivity contribution is 0.113. The van der Waals surface area contributed by atoms with Gasteiger partial charge in [0.25, 0.3) is 0 Å². The monoisotopic (exact) mass is 261 g/mol. The molecule has 0 heterocycles. The number of hydrogen-bond acceptors (Lipinski definition) is 2. The Morgan fingerprint density at radius 3 is 2.68 bits per heavy atom. The quantitative estimate of drug-likeness (QED) is 0.825. The molecule has 1 aliphatic carbocycles. The number of hydrogen-bond donors (Lipinski definition) is 2. The van der Waals surface area contributed by atoms with Crippen LogP contribution in [0.25, 0.3) is 0 Å². The fraction of sp³-hybridized carbons (Fsp3) is 0.647. The van der Waals surface area contributed by atoms with E-state index in [2.05, 4.69) is 37.4 Å². The molecular formula is C17H27NO. The van der Waals surface area contributed by atoms with Crippen molar-refractivity contribution in [2.75, 3.05) is 6.54 Å². The number of fused-ring (bicyclic) bond motifs is 1. The zero-order valence-corrected chi connectivity index (χ0v) is 12.3. The van der Waals surface area contributed by atoms with Crippen LogP contribution in [-0.4, -0.2) is 17.8 Å². The van der Waals surface area contributed by atoms with Gasteiger partial charge in [0, 0.05) is 13.1 Å². The Morgan fingerprint density at radius 2 is 1.95 bits per heavy atom. The van der Waals surface area contributed by atoms with Crippen molar-refractivity contribution in [1.29, 1.82) is 0 Å². The van der Waals surface area contributed by atoms with Crippen LogP contribution in [0.1, 0.15) is 49.8 Å². The molecule has 1 aromatic rings. The van der Waals surface area contributed by atoms with Gasteiger partial charge in [0.2, 0.25) is 0 Å². The van der Waals surface area contributed by atoms with Crippen molar-refractivity contribution in [2.24, 2.45) is 5.92 Å². The van der Waals surface area contributed by atoms with E-state index in [0.29, 0.717) is 12.5 Å². The molecule has 106 valence electrons. The Morgan fingerprint density at radius 1 is 1.21 bits per heavy atom. The molecule has 19 heavy (non-hydrogen) atoms. The molecule has 0 fully saturated rings. The summed E-state index contributed by atoms with van der Waals surface area (Å²) in [6, 6.07) is 6.86. The Bertz CT molecular complexity index is 402. The van der Waals surface area contributed by atoms with Gasteiger partial charge in [-0.2, -0.15) is 0 Å². The molecule has 2 rings (SSSR count). The average Bonchev–Trinajstić information content (AvgIpc) is 2.46. The molecule has 0 spiro atoms. The van der Waals surface area contributed by atoms with Crippen LogP contribution >= 0.6 is 0 Å². The van der Waals surface area contributed by atoms with Crippen molar-refractivity contribution in [3.05, 3.63) is 34.9 Å². The van der Waals surface area contributed by atoms with Crippen LogP contribution < -0.4 is 5.32 Å². The highest BCUT2D eigenvalue weighted by Crippen LogP contribution is 2.22. The summed E-state index contributed by atoms with van der Waals surface area (Å²) in [6.07, 6.45) is 5.95. The van der Waals surface area contributed by atoms with Gasteiger partial charge in [-0.15, -0.1) is 0 Å². The minimum Gasteiger partial charge on any atom is -0.392 e. The van der Waals surface area contributed by atoms with Crippen molar-refractivity contribution in [3.8, 4) is 0 Å². The summed E-state index contributed by atoms with van der Waals surface area (Å²) in [5.74, 6) is 0.371. The number of aliphatic hydroxyl groups excluding tert-OH is 1. The molecule has 0 bridgehead atoms. The van der Waals surface area contributed by atoms with Crippen LogP contribution in [0, 0.1) is 5.92 Å². The highest BCUT2D eigenvalue weighted by molar-refractivity contribution is 5.33. The lowest BCUT2D eigenvalue weighted by atomic mass is 9.90. The zero-order valence-electron chi connectivity index (χ0n) is 12.3. The smallest absolute Gasteiger partial charge is 0.0690 e. The summed E-state index contributed by atoms with van der Waals surface area (Å²) in [6.45, 7) is 5.77. The Balaban J connectivity index is 1.83. The molecule has 2 N–H and O–H groups in total. The summed E-state index contributed by atoms with van der Waals surface area (Å²) in [4.78, 5) is 0. The van der Waals surface area contributed by atoms with Crippen LogP contribution in [0.4, 0.5) is 0 Å². The first kappa shape index (κ1) is 14.5. The van der Waals surface area contributed by atoms with E-state index in [0.717, 1.165) is 13.0 Å². The van der Waals surface area contributed by atoms with Crippen molar-refractivity contribution in [1.82, 2.24) is 5.32 Å². The Labute approximate surface area is 117 Å². The van der Waals surface area contributed by atoms with E-state index < -0.39 is 0 Å². The number of nitrogens with one attached hydrogen (secondary N) is 1. The second-order valence-corrected chi connectivity index (χ2v) is 5.89.